The molecule has 0 saturated heterocycles. The van der Waals surface area contributed by atoms with E-state index in [1.165, 1.54) is 0 Å². The van der Waals surface area contributed by atoms with Gasteiger partial charge in [-0.2, -0.15) is 0 Å². The Morgan fingerprint density at radius 1 is 1.05 bits per heavy atom. The lowest BCUT2D eigenvalue weighted by Crippen LogP contribution is -2.02. The minimum Gasteiger partial charge on any atom is -0.497 e. The SMILES string of the molecule is COCc1cc(N)nc(-c2ccc(OC)cc2OC)n1. The van der Waals surface area contributed by atoms with Gasteiger partial charge in [-0.1, -0.05) is 0 Å². The van der Waals surface area contributed by atoms with Crippen molar-refractivity contribution in [2.24, 2.45) is 0 Å². The van der Waals surface area contributed by atoms with E-state index in [1.54, 1.807) is 33.5 Å². The highest BCUT2D eigenvalue weighted by Gasteiger charge is 2.12. The maximum Gasteiger partial charge on any atom is 0.165 e. The number of ether oxygens (including phenoxy) is 3. The predicted octanol–water partition coefficient (Wildman–Crippen LogP) is 1.89. The van der Waals surface area contributed by atoms with Gasteiger partial charge >= 0.3 is 0 Å². The Hall–Kier alpha value is -2.34. The first-order valence-corrected chi connectivity index (χ1v) is 6.02. The molecular weight excluding hydrogens is 258 g/mol. The van der Waals surface area contributed by atoms with Crippen LogP contribution in [-0.2, 0) is 11.3 Å². The largest absolute Gasteiger partial charge is 0.497 e. The summed E-state index contributed by atoms with van der Waals surface area (Å²) in [6, 6.07) is 7.12. The summed E-state index contributed by atoms with van der Waals surface area (Å²) in [5, 5.41) is 0. The highest BCUT2D eigenvalue weighted by molar-refractivity contribution is 5.66. The molecule has 1 aromatic carbocycles. The lowest BCUT2D eigenvalue weighted by Gasteiger charge is -2.10. The molecule has 0 aliphatic carbocycles. The van der Waals surface area contributed by atoms with E-state index in [0.717, 1.165) is 5.56 Å². The fraction of sp³-hybridized carbons (Fsp3) is 0.286. The second-order valence-corrected chi connectivity index (χ2v) is 4.11. The van der Waals surface area contributed by atoms with E-state index in [1.807, 2.05) is 12.1 Å². The van der Waals surface area contributed by atoms with Gasteiger partial charge in [0.1, 0.15) is 17.3 Å². The number of rotatable bonds is 5. The van der Waals surface area contributed by atoms with E-state index in [0.29, 0.717) is 35.4 Å². The Kier molecular flexibility index (Phi) is 4.37. The summed E-state index contributed by atoms with van der Waals surface area (Å²) in [7, 11) is 4.79. The van der Waals surface area contributed by atoms with Crippen LogP contribution in [0.25, 0.3) is 11.4 Å². The summed E-state index contributed by atoms with van der Waals surface area (Å²) in [4.78, 5) is 8.66. The van der Waals surface area contributed by atoms with Crippen LogP contribution in [0.5, 0.6) is 11.5 Å². The van der Waals surface area contributed by atoms with Gasteiger partial charge in [0.2, 0.25) is 0 Å². The van der Waals surface area contributed by atoms with Crippen LogP contribution in [0.4, 0.5) is 5.82 Å². The van der Waals surface area contributed by atoms with Crippen LogP contribution < -0.4 is 15.2 Å². The normalized spacial score (nSPS) is 10.3. The van der Waals surface area contributed by atoms with Gasteiger partial charge < -0.3 is 19.9 Å². The maximum atomic E-state index is 5.80. The van der Waals surface area contributed by atoms with Crippen molar-refractivity contribution in [2.75, 3.05) is 27.1 Å². The number of aromatic nitrogens is 2. The molecule has 0 spiro atoms. The van der Waals surface area contributed by atoms with Crippen molar-refractivity contribution in [3.63, 3.8) is 0 Å². The summed E-state index contributed by atoms with van der Waals surface area (Å²) in [6.07, 6.45) is 0. The van der Waals surface area contributed by atoms with Gasteiger partial charge in [0.05, 0.1) is 32.1 Å². The number of hydrogen-bond donors (Lipinski definition) is 1. The van der Waals surface area contributed by atoms with E-state index in [-0.39, 0.29) is 0 Å². The van der Waals surface area contributed by atoms with Crippen molar-refractivity contribution < 1.29 is 14.2 Å². The zero-order valence-corrected chi connectivity index (χ0v) is 11.7. The first-order valence-electron chi connectivity index (χ1n) is 6.02. The van der Waals surface area contributed by atoms with Gasteiger partial charge in [0, 0.05) is 19.2 Å². The van der Waals surface area contributed by atoms with Crippen LogP contribution >= 0.6 is 0 Å². The molecule has 2 aromatic rings. The number of hydrogen-bond acceptors (Lipinski definition) is 6. The number of nitrogens with two attached hydrogens (primary N) is 1. The smallest absolute Gasteiger partial charge is 0.165 e. The molecule has 0 aliphatic rings. The van der Waals surface area contributed by atoms with Gasteiger partial charge in [0.25, 0.3) is 0 Å². The summed E-state index contributed by atoms with van der Waals surface area (Å²) in [5.41, 5.74) is 7.27. The monoisotopic (exact) mass is 275 g/mol. The first-order chi connectivity index (χ1) is 9.67. The first kappa shape index (κ1) is 14.1. The van der Waals surface area contributed by atoms with Crippen LogP contribution in [0.15, 0.2) is 24.3 Å². The van der Waals surface area contributed by atoms with E-state index < -0.39 is 0 Å². The third-order valence-electron chi connectivity index (χ3n) is 2.74. The van der Waals surface area contributed by atoms with Crippen molar-refractivity contribution in [2.45, 2.75) is 6.61 Å². The lowest BCUT2D eigenvalue weighted by atomic mass is 10.1. The van der Waals surface area contributed by atoms with Crippen LogP contribution in [0.2, 0.25) is 0 Å². The Bertz CT molecular complexity index is 602. The minimum absolute atomic E-state index is 0.373. The average Bonchev–Trinajstić information content (AvgIpc) is 2.46. The molecule has 2 N–H and O–H groups in total. The average molecular weight is 275 g/mol. The Labute approximate surface area is 117 Å². The van der Waals surface area contributed by atoms with Gasteiger partial charge in [-0.05, 0) is 12.1 Å². The zero-order chi connectivity index (χ0) is 14.5. The molecule has 0 saturated carbocycles. The summed E-state index contributed by atoms with van der Waals surface area (Å²) >= 11 is 0. The quantitative estimate of drug-likeness (QED) is 0.897. The van der Waals surface area contributed by atoms with Crippen LogP contribution in [0.3, 0.4) is 0 Å². The molecule has 1 heterocycles. The van der Waals surface area contributed by atoms with Crippen molar-refractivity contribution in [3.05, 3.63) is 30.0 Å². The van der Waals surface area contributed by atoms with E-state index in [4.69, 9.17) is 19.9 Å². The van der Waals surface area contributed by atoms with E-state index >= 15 is 0 Å². The molecule has 6 nitrogen and oxygen atoms in total. The topological polar surface area (TPSA) is 79.5 Å². The summed E-state index contributed by atoms with van der Waals surface area (Å²) < 4.78 is 15.6. The predicted molar refractivity (Wildman–Crippen MR) is 75.7 cm³/mol. The Morgan fingerprint density at radius 2 is 1.85 bits per heavy atom. The third-order valence-corrected chi connectivity index (χ3v) is 2.74. The molecule has 0 atom stereocenters. The van der Waals surface area contributed by atoms with Gasteiger partial charge in [0.15, 0.2) is 5.82 Å². The second kappa shape index (κ2) is 6.21. The standard InChI is InChI=1S/C14H17N3O3/c1-18-8-9-6-13(15)17-14(16-9)11-5-4-10(19-2)7-12(11)20-3/h4-7H,8H2,1-3H3,(H2,15,16,17). The fourth-order valence-electron chi connectivity index (χ4n) is 1.84. The molecule has 6 heteroatoms. The minimum atomic E-state index is 0.373. The van der Waals surface area contributed by atoms with Crippen molar-refractivity contribution in [1.82, 2.24) is 9.97 Å². The van der Waals surface area contributed by atoms with E-state index in [2.05, 4.69) is 9.97 Å². The molecule has 106 valence electrons. The van der Waals surface area contributed by atoms with E-state index in [9.17, 15) is 0 Å². The van der Waals surface area contributed by atoms with Gasteiger partial charge in [-0.25, -0.2) is 9.97 Å². The second-order valence-electron chi connectivity index (χ2n) is 4.11. The number of methoxy groups -OCH3 is 3. The Balaban J connectivity index is 2.50. The number of anilines is 1. The highest BCUT2D eigenvalue weighted by atomic mass is 16.5. The van der Waals surface area contributed by atoms with Crippen LogP contribution in [0, 0.1) is 0 Å². The van der Waals surface area contributed by atoms with Crippen molar-refractivity contribution >= 4 is 5.82 Å². The zero-order valence-electron chi connectivity index (χ0n) is 11.7. The molecule has 20 heavy (non-hydrogen) atoms. The summed E-state index contributed by atoms with van der Waals surface area (Å²) in [6.45, 7) is 0.373. The summed E-state index contributed by atoms with van der Waals surface area (Å²) in [5.74, 6) is 2.21. The van der Waals surface area contributed by atoms with Gasteiger partial charge in [-0.15, -0.1) is 0 Å². The van der Waals surface area contributed by atoms with Gasteiger partial charge in [-0.3, -0.25) is 0 Å². The number of nitrogen functional groups attached to an aromatic ring is 1. The van der Waals surface area contributed by atoms with Crippen LogP contribution in [0.1, 0.15) is 5.69 Å². The molecule has 0 aliphatic heterocycles. The number of nitrogens with zero attached hydrogens (tertiary/aromatic N) is 2. The fourth-order valence-corrected chi connectivity index (χ4v) is 1.84. The Morgan fingerprint density at radius 3 is 2.50 bits per heavy atom. The molecule has 2 rings (SSSR count). The van der Waals surface area contributed by atoms with Crippen LogP contribution in [-0.4, -0.2) is 31.3 Å². The molecule has 1 aromatic heterocycles. The molecular formula is C14H17N3O3. The third kappa shape index (κ3) is 2.97. The highest BCUT2D eigenvalue weighted by Crippen LogP contribution is 2.31. The maximum absolute atomic E-state index is 5.80. The molecule has 0 unspecified atom stereocenters. The molecule has 0 radical (unpaired) electrons. The molecule has 0 bridgehead atoms. The molecule has 0 amide bonds. The van der Waals surface area contributed by atoms with Crippen molar-refractivity contribution in [1.29, 1.82) is 0 Å². The number of benzene rings is 1. The molecule has 0 fully saturated rings. The van der Waals surface area contributed by atoms with Crippen molar-refractivity contribution in [3.8, 4) is 22.9 Å². The lowest BCUT2D eigenvalue weighted by molar-refractivity contribution is 0.181.